The first-order chi connectivity index (χ1) is 9.65. The Morgan fingerprint density at radius 3 is 2.90 bits per heavy atom. The molecule has 0 aromatic heterocycles. The third kappa shape index (κ3) is 3.49. The fraction of sp³-hybridized carbons (Fsp3) is 0.562. The van der Waals surface area contributed by atoms with Crippen molar-refractivity contribution in [3.05, 3.63) is 29.3 Å². The molecule has 2 N–H and O–H groups in total. The molecule has 20 heavy (non-hydrogen) atoms. The van der Waals surface area contributed by atoms with Crippen LogP contribution in [0.1, 0.15) is 43.7 Å². The van der Waals surface area contributed by atoms with Gasteiger partial charge in [-0.2, -0.15) is 0 Å². The summed E-state index contributed by atoms with van der Waals surface area (Å²) in [5, 5.41) is 0. The highest BCUT2D eigenvalue weighted by atomic mass is 32.1. The molecule has 3 nitrogen and oxygen atoms in total. The van der Waals surface area contributed by atoms with E-state index >= 15 is 0 Å². The summed E-state index contributed by atoms with van der Waals surface area (Å²) in [6.45, 7) is 4.35. The van der Waals surface area contributed by atoms with Gasteiger partial charge in [0.15, 0.2) is 0 Å². The van der Waals surface area contributed by atoms with Crippen molar-refractivity contribution in [1.82, 2.24) is 4.90 Å². The number of nitrogens with zero attached hydrogens (tertiary/aromatic N) is 1. The number of hydrogen-bond acceptors (Lipinski definition) is 3. The molecule has 0 bridgehead atoms. The quantitative estimate of drug-likeness (QED) is 0.846. The van der Waals surface area contributed by atoms with Crippen LogP contribution in [-0.4, -0.2) is 29.6 Å². The molecule has 1 atom stereocenters. The molecule has 1 aliphatic heterocycles. The number of hydrogen-bond donors (Lipinski definition) is 1. The van der Waals surface area contributed by atoms with Gasteiger partial charge < -0.3 is 10.5 Å². The van der Waals surface area contributed by atoms with Crippen molar-refractivity contribution >= 4 is 17.2 Å². The molecule has 0 saturated carbocycles. The van der Waals surface area contributed by atoms with Gasteiger partial charge in [0, 0.05) is 23.7 Å². The van der Waals surface area contributed by atoms with Crippen molar-refractivity contribution in [2.75, 3.05) is 13.7 Å². The van der Waals surface area contributed by atoms with E-state index in [0.29, 0.717) is 11.0 Å². The normalized spacial score (nSPS) is 19.8. The van der Waals surface area contributed by atoms with Crippen LogP contribution in [0.15, 0.2) is 18.2 Å². The molecule has 0 amide bonds. The van der Waals surface area contributed by atoms with E-state index in [4.69, 9.17) is 22.7 Å². The molecule has 0 radical (unpaired) electrons. The van der Waals surface area contributed by atoms with Crippen molar-refractivity contribution < 1.29 is 4.74 Å². The molecule has 1 unspecified atom stereocenters. The predicted octanol–water partition coefficient (Wildman–Crippen LogP) is 3.09. The van der Waals surface area contributed by atoms with Crippen molar-refractivity contribution in [1.29, 1.82) is 0 Å². The largest absolute Gasteiger partial charge is 0.496 e. The summed E-state index contributed by atoms with van der Waals surface area (Å²) < 4.78 is 5.48. The van der Waals surface area contributed by atoms with Gasteiger partial charge in [0.25, 0.3) is 0 Å². The van der Waals surface area contributed by atoms with Gasteiger partial charge in [0.05, 0.1) is 7.11 Å². The van der Waals surface area contributed by atoms with Crippen LogP contribution in [0.3, 0.4) is 0 Å². The van der Waals surface area contributed by atoms with Crippen LogP contribution in [-0.2, 0) is 6.54 Å². The highest BCUT2D eigenvalue weighted by Crippen LogP contribution is 2.26. The Balaban J connectivity index is 2.21. The first-order valence-corrected chi connectivity index (χ1v) is 7.77. The molecule has 2 rings (SSSR count). The maximum Gasteiger partial charge on any atom is 0.123 e. The number of nitrogens with two attached hydrogens (primary N) is 1. The Hall–Kier alpha value is -1.13. The number of likely N-dealkylation sites (tertiary alicyclic amines) is 1. The first-order valence-electron chi connectivity index (χ1n) is 7.36. The lowest BCUT2D eigenvalue weighted by Gasteiger charge is -2.35. The molecular formula is C16H24N2OS. The fourth-order valence-electron chi connectivity index (χ4n) is 3.00. The minimum atomic E-state index is 0.444. The second kappa shape index (κ2) is 7.04. The van der Waals surface area contributed by atoms with Crippen molar-refractivity contribution in [2.24, 2.45) is 5.73 Å². The Bertz CT molecular complexity index is 476. The Morgan fingerprint density at radius 1 is 1.45 bits per heavy atom. The first kappa shape index (κ1) is 15.3. The van der Waals surface area contributed by atoms with Gasteiger partial charge in [-0.15, -0.1) is 0 Å². The maximum absolute atomic E-state index is 5.74. The Morgan fingerprint density at radius 2 is 2.25 bits per heavy atom. The molecule has 0 spiro atoms. The number of piperidine rings is 1. The van der Waals surface area contributed by atoms with Gasteiger partial charge in [0.1, 0.15) is 10.7 Å². The van der Waals surface area contributed by atoms with Crippen LogP contribution in [0.5, 0.6) is 5.75 Å². The van der Waals surface area contributed by atoms with Crippen LogP contribution in [0.4, 0.5) is 0 Å². The zero-order valence-corrected chi connectivity index (χ0v) is 13.2. The van der Waals surface area contributed by atoms with E-state index in [9.17, 15) is 0 Å². The lowest BCUT2D eigenvalue weighted by molar-refractivity contribution is 0.135. The van der Waals surface area contributed by atoms with Crippen LogP contribution >= 0.6 is 12.2 Å². The van der Waals surface area contributed by atoms with Gasteiger partial charge in [-0.25, -0.2) is 0 Å². The SMILES string of the molecule is CCC1CCCCN1Cc1cc(C(N)=S)ccc1OC. The minimum Gasteiger partial charge on any atom is -0.496 e. The lowest BCUT2D eigenvalue weighted by Crippen LogP contribution is -2.38. The molecule has 110 valence electrons. The van der Waals surface area contributed by atoms with Crippen molar-refractivity contribution in [3.63, 3.8) is 0 Å². The zero-order valence-electron chi connectivity index (χ0n) is 12.4. The van der Waals surface area contributed by atoms with Gasteiger partial charge in [-0.3, -0.25) is 4.90 Å². The van der Waals surface area contributed by atoms with Crippen LogP contribution in [0.2, 0.25) is 0 Å². The summed E-state index contributed by atoms with van der Waals surface area (Å²) in [5.74, 6) is 0.922. The van der Waals surface area contributed by atoms with Crippen LogP contribution in [0, 0.1) is 0 Å². The summed E-state index contributed by atoms with van der Waals surface area (Å²) in [7, 11) is 1.72. The number of ether oxygens (including phenoxy) is 1. The van der Waals surface area contributed by atoms with Gasteiger partial charge in [0.2, 0.25) is 0 Å². The van der Waals surface area contributed by atoms with Crippen molar-refractivity contribution in [2.45, 2.75) is 45.2 Å². The molecule has 1 saturated heterocycles. The van der Waals surface area contributed by atoms with Gasteiger partial charge in [-0.05, 0) is 44.0 Å². The van der Waals surface area contributed by atoms with Crippen LogP contribution in [0.25, 0.3) is 0 Å². The second-order valence-corrected chi connectivity index (χ2v) is 5.86. The number of benzene rings is 1. The molecule has 1 aliphatic rings. The summed E-state index contributed by atoms with van der Waals surface area (Å²) >= 11 is 5.07. The lowest BCUT2D eigenvalue weighted by atomic mass is 9.98. The molecule has 1 aromatic carbocycles. The van der Waals surface area contributed by atoms with Gasteiger partial charge >= 0.3 is 0 Å². The number of thiocarbonyl (C=S) groups is 1. The maximum atomic E-state index is 5.74. The van der Waals surface area contributed by atoms with E-state index in [2.05, 4.69) is 17.9 Å². The van der Waals surface area contributed by atoms with E-state index in [1.54, 1.807) is 7.11 Å². The minimum absolute atomic E-state index is 0.444. The Kier molecular flexibility index (Phi) is 5.38. The summed E-state index contributed by atoms with van der Waals surface area (Å²) in [5.41, 5.74) is 7.83. The van der Waals surface area contributed by atoms with Crippen LogP contribution < -0.4 is 10.5 Å². The standard InChI is InChI=1S/C16H24N2OS/c1-3-14-6-4-5-9-18(14)11-13-10-12(16(17)20)7-8-15(13)19-2/h7-8,10,14H,3-6,9,11H2,1-2H3,(H2,17,20). The summed E-state index contributed by atoms with van der Waals surface area (Å²) in [6.07, 6.45) is 5.14. The molecule has 4 heteroatoms. The number of rotatable bonds is 5. The van der Waals surface area contributed by atoms with E-state index < -0.39 is 0 Å². The topological polar surface area (TPSA) is 38.5 Å². The molecule has 1 fully saturated rings. The van der Waals surface area contributed by atoms with E-state index in [0.717, 1.165) is 17.9 Å². The molecule has 1 heterocycles. The van der Waals surface area contributed by atoms with E-state index in [1.165, 1.54) is 37.8 Å². The third-order valence-corrected chi connectivity index (χ3v) is 4.39. The van der Waals surface area contributed by atoms with Crippen molar-refractivity contribution in [3.8, 4) is 5.75 Å². The second-order valence-electron chi connectivity index (χ2n) is 5.42. The van der Waals surface area contributed by atoms with Gasteiger partial charge in [-0.1, -0.05) is 25.6 Å². The smallest absolute Gasteiger partial charge is 0.123 e. The molecule has 1 aromatic rings. The molecular weight excluding hydrogens is 268 g/mol. The zero-order chi connectivity index (χ0) is 14.5. The monoisotopic (exact) mass is 292 g/mol. The van der Waals surface area contributed by atoms with E-state index in [-0.39, 0.29) is 0 Å². The highest BCUT2D eigenvalue weighted by Gasteiger charge is 2.22. The Labute approximate surface area is 127 Å². The highest BCUT2D eigenvalue weighted by molar-refractivity contribution is 7.80. The predicted molar refractivity (Wildman–Crippen MR) is 87.2 cm³/mol. The molecule has 0 aliphatic carbocycles. The third-order valence-electron chi connectivity index (χ3n) is 4.16. The summed E-state index contributed by atoms with van der Waals surface area (Å²) in [4.78, 5) is 3.00. The van der Waals surface area contributed by atoms with E-state index in [1.807, 2.05) is 12.1 Å². The number of methoxy groups -OCH3 is 1. The fourth-order valence-corrected chi connectivity index (χ4v) is 3.13. The average Bonchev–Trinajstić information content (AvgIpc) is 2.47. The average molecular weight is 292 g/mol. The summed E-state index contributed by atoms with van der Waals surface area (Å²) in [6, 6.07) is 6.65.